The summed E-state index contributed by atoms with van der Waals surface area (Å²) in [5.74, 6) is 0.0616. The lowest BCUT2D eigenvalue weighted by Gasteiger charge is -2.35. The van der Waals surface area contributed by atoms with Gasteiger partial charge in [0, 0.05) is 30.9 Å². The molecule has 6 nitrogen and oxygen atoms in total. The average molecular weight is 363 g/mol. The van der Waals surface area contributed by atoms with E-state index in [-0.39, 0.29) is 24.7 Å². The van der Waals surface area contributed by atoms with Gasteiger partial charge in [0.25, 0.3) is 0 Å². The summed E-state index contributed by atoms with van der Waals surface area (Å²) < 4.78 is 7.33. The first-order valence-corrected chi connectivity index (χ1v) is 8.81. The molecule has 1 amide bonds. The van der Waals surface area contributed by atoms with Gasteiger partial charge < -0.3 is 15.0 Å². The highest BCUT2D eigenvalue weighted by Crippen LogP contribution is 2.14. The number of carbonyl (C=O) groups is 1. The fraction of sp³-hybridized carbons (Fsp3) is 0.444. The molecule has 0 spiro atoms. The van der Waals surface area contributed by atoms with Crippen LogP contribution in [0, 0.1) is 0 Å². The van der Waals surface area contributed by atoms with Gasteiger partial charge in [-0.15, -0.1) is 0 Å². The number of hydrogen-bond acceptors (Lipinski definition) is 4. The number of amides is 1. The highest BCUT2D eigenvalue weighted by Gasteiger charge is 2.25. The number of nitrogens with zero attached hydrogens (tertiary/aromatic N) is 3. The van der Waals surface area contributed by atoms with Gasteiger partial charge >= 0.3 is 0 Å². The van der Waals surface area contributed by atoms with Crippen LogP contribution in [0.2, 0.25) is 5.02 Å². The number of anilines is 1. The maximum absolute atomic E-state index is 12.5. The summed E-state index contributed by atoms with van der Waals surface area (Å²) in [6, 6.07) is 7.70. The quantitative estimate of drug-likeness (QED) is 0.888. The zero-order chi connectivity index (χ0) is 17.8. The summed E-state index contributed by atoms with van der Waals surface area (Å²) in [4.78, 5) is 14.3. The molecule has 0 aliphatic carbocycles. The van der Waals surface area contributed by atoms with Crippen LogP contribution in [0.3, 0.4) is 0 Å². The molecule has 134 valence electrons. The first kappa shape index (κ1) is 17.8. The van der Waals surface area contributed by atoms with Crippen molar-refractivity contribution < 1.29 is 9.53 Å². The van der Waals surface area contributed by atoms with Crippen LogP contribution < -0.4 is 5.32 Å². The summed E-state index contributed by atoms with van der Waals surface area (Å²) >= 11 is 5.99. The Morgan fingerprint density at radius 3 is 2.84 bits per heavy atom. The van der Waals surface area contributed by atoms with Crippen molar-refractivity contribution in [1.29, 1.82) is 0 Å². The van der Waals surface area contributed by atoms with Gasteiger partial charge in [-0.1, -0.05) is 23.7 Å². The van der Waals surface area contributed by atoms with Gasteiger partial charge in [-0.3, -0.25) is 9.48 Å². The molecular weight excluding hydrogens is 340 g/mol. The molecule has 1 fully saturated rings. The molecule has 2 atom stereocenters. The summed E-state index contributed by atoms with van der Waals surface area (Å²) in [5, 5.41) is 8.27. The van der Waals surface area contributed by atoms with Crippen molar-refractivity contribution in [2.45, 2.75) is 39.1 Å². The molecule has 1 aromatic carbocycles. The number of ether oxygens (including phenoxy) is 1. The molecule has 1 N–H and O–H groups in total. The van der Waals surface area contributed by atoms with E-state index in [0.717, 1.165) is 16.3 Å². The Balaban J connectivity index is 1.53. The first-order valence-electron chi connectivity index (χ1n) is 8.43. The van der Waals surface area contributed by atoms with E-state index in [1.165, 1.54) is 0 Å². The highest BCUT2D eigenvalue weighted by atomic mass is 35.5. The van der Waals surface area contributed by atoms with Crippen LogP contribution in [0.4, 0.5) is 5.69 Å². The van der Waals surface area contributed by atoms with Crippen LogP contribution >= 0.6 is 11.6 Å². The molecule has 1 aromatic heterocycles. The molecule has 1 aliphatic rings. The first-order chi connectivity index (χ1) is 12.0. The smallest absolute Gasteiger partial charge is 0.244 e. The zero-order valence-corrected chi connectivity index (χ0v) is 15.2. The summed E-state index contributed by atoms with van der Waals surface area (Å²) in [7, 11) is 0. The molecule has 0 unspecified atom stereocenters. The third-order valence-corrected chi connectivity index (χ3v) is 4.32. The number of nitrogens with one attached hydrogen (secondary N) is 1. The Morgan fingerprint density at radius 1 is 1.36 bits per heavy atom. The maximum atomic E-state index is 12.5. The minimum atomic E-state index is 0.0616. The van der Waals surface area contributed by atoms with Gasteiger partial charge in [0.15, 0.2) is 0 Å². The maximum Gasteiger partial charge on any atom is 0.244 e. The van der Waals surface area contributed by atoms with Crippen LogP contribution in [0.1, 0.15) is 19.4 Å². The topological polar surface area (TPSA) is 59.4 Å². The number of aromatic nitrogens is 2. The Labute approximate surface area is 152 Å². The van der Waals surface area contributed by atoms with Crippen LogP contribution in [0.5, 0.6) is 0 Å². The molecule has 2 heterocycles. The standard InChI is InChI=1S/C18H23ClN4O2/c1-13-9-22(10-14(2)25-13)18(24)12-23-11-17(8-21-23)20-7-15-4-3-5-16(19)6-15/h3-6,8,11,13-14,20H,7,9-10,12H2,1-2H3/t13-,14+. The molecule has 1 aliphatic heterocycles. The van der Waals surface area contributed by atoms with E-state index < -0.39 is 0 Å². The predicted molar refractivity (Wildman–Crippen MR) is 97.6 cm³/mol. The monoisotopic (exact) mass is 362 g/mol. The van der Waals surface area contributed by atoms with Gasteiger partial charge in [-0.2, -0.15) is 5.10 Å². The number of halogens is 1. The minimum absolute atomic E-state index is 0.0616. The van der Waals surface area contributed by atoms with E-state index in [2.05, 4.69) is 10.4 Å². The Kier molecular flexibility index (Phi) is 5.60. The summed E-state index contributed by atoms with van der Waals surface area (Å²) in [6.45, 7) is 6.12. The third kappa shape index (κ3) is 4.96. The van der Waals surface area contributed by atoms with Gasteiger partial charge in [-0.25, -0.2) is 0 Å². The molecule has 0 radical (unpaired) electrons. The van der Waals surface area contributed by atoms with Crippen LogP contribution in [-0.4, -0.2) is 45.9 Å². The van der Waals surface area contributed by atoms with Crippen molar-refractivity contribution in [2.24, 2.45) is 0 Å². The van der Waals surface area contributed by atoms with Gasteiger partial charge in [-0.05, 0) is 31.5 Å². The largest absolute Gasteiger partial charge is 0.378 e. The zero-order valence-electron chi connectivity index (χ0n) is 14.5. The van der Waals surface area contributed by atoms with Gasteiger partial charge in [0.1, 0.15) is 6.54 Å². The van der Waals surface area contributed by atoms with Crippen molar-refractivity contribution in [1.82, 2.24) is 14.7 Å². The molecule has 0 bridgehead atoms. The lowest BCUT2D eigenvalue weighted by atomic mass is 10.2. The van der Waals surface area contributed by atoms with Crippen LogP contribution in [-0.2, 0) is 22.6 Å². The molecule has 2 aromatic rings. The molecule has 1 saturated heterocycles. The predicted octanol–water partition coefficient (Wildman–Crippen LogP) is 2.78. The van der Waals surface area contributed by atoms with E-state index in [1.54, 1.807) is 10.9 Å². The lowest BCUT2D eigenvalue weighted by Crippen LogP contribution is -2.49. The van der Waals surface area contributed by atoms with Gasteiger partial charge in [0.05, 0.1) is 24.1 Å². The second-order valence-electron chi connectivity index (χ2n) is 6.47. The summed E-state index contributed by atoms with van der Waals surface area (Å²) in [6.07, 6.45) is 3.71. The number of hydrogen-bond donors (Lipinski definition) is 1. The minimum Gasteiger partial charge on any atom is -0.378 e. The molecule has 25 heavy (non-hydrogen) atoms. The second-order valence-corrected chi connectivity index (χ2v) is 6.90. The molecular formula is C18H23ClN4O2. The van der Waals surface area contributed by atoms with Crippen molar-refractivity contribution >= 4 is 23.2 Å². The third-order valence-electron chi connectivity index (χ3n) is 4.09. The van der Waals surface area contributed by atoms with E-state index in [1.807, 2.05) is 49.2 Å². The lowest BCUT2D eigenvalue weighted by molar-refractivity contribution is -0.144. The summed E-state index contributed by atoms with van der Waals surface area (Å²) in [5.41, 5.74) is 1.96. The van der Waals surface area contributed by atoms with Crippen molar-refractivity contribution in [3.63, 3.8) is 0 Å². The molecule has 3 rings (SSSR count). The van der Waals surface area contributed by atoms with E-state index in [9.17, 15) is 4.79 Å². The fourth-order valence-corrected chi connectivity index (χ4v) is 3.23. The fourth-order valence-electron chi connectivity index (χ4n) is 3.01. The molecule has 7 heteroatoms. The van der Waals surface area contributed by atoms with E-state index >= 15 is 0 Å². The molecule has 0 saturated carbocycles. The number of benzene rings is 1. The Hall–Kier alpha value is -2.05. The number of carbonyl (C=O) groups excluding carboxylic acids is 1. The van der Waals surface area contributed by atoms with E-state index in [0.29, 0.717) is 19.6 Å². The van der Waals surface area contributed by atoms with Crippen molar-refractivity contribution in [3.8, 4) is 0 Å². The van der Waals surface area contributed by atoms with Crippen LogP contribution in [0.15, 0.2) is 36.7 Å². The SMILES string of the molecule is C[C@@H]1CN(C(=O)Cn2cc(NCc3cccc(Cl)c3)cn2)C[C@H](C)O1. The van der Waals surface area contributed by atoms with E-state index in [4.69, 9.17) is 16.3 Å². The Morgan fingerprint density at radius 2 is 2.12 bits per heavy atom. The van der Waals surface area contributed by atoms with Crippen molar-refractivity contribution in [3.05, 3.63) is 47.2 Å². The van der Waals surface area contributed by atoms with Crippen LogP contribution in [0.25, 0.3) is 0 Å². The second kappa shape index (κ2) is 7.89. The highest BCUT2D eigenvalue weighted by molar-refractivity contribution is 6.30. The Bertz CT molecular complexity index is 723. The van der Waals surface area contributed by atoms with Crippen molar-refractivity contribution in [2.75, 3.05) is 18.4 Å². The van der Waals surface area contributed by atoms with Gasteiger partial charge in [0.2, 0.25) is 5.91 Å². The normalized spacial score (nSPS) is 20.5. The number of morpholine rings is 1. The average Bonchev–Trinajstić information content (AvgIpc) is 2.99. The number of rotatable bonds is 5.